The van der Waals surface area contributed by atoms with Crippen molar-refractivity contribution in [3.8, 4) is 0 Å². The highest BCUT2D eigenvalue weighted by molar-refractivity contribution is 4.89. The molecule has 1 atom stereocenters. The molecule has 13 heavy (non-hydrogen) atoms. The predicted molar refractivity (Wildman–Crippen MR) is 53.8 cm³/mol. The Bertz CT molecular complexity index is 157. The molecule has 0 aromatic rings. The molecule has 0 spiro atoms. The third kappa shape index (κ3) is 2.44. The van der Waals surface area contributed by atoms with E-state index in [2.05, 4.69) is 12.2 Å². The molecule has 1 N–H and O–H groups in total. The largest absolute Gasteiger partial charge is 0.377 e. The highest BCUT2D eigenvalue weighted by Gasteiger charge is 2.29. The second-order valence-corrected chi connectivity index (χ2v) is 4.78. The first-order valence-electron chi connectivity index (χ1n) is 5.65. The number of nitrogens with one attached hydrogen (secondary N) is 1. The van der Waals surface area contributed by atoms with Crippen molar-refractivity contribution in [2.75, 3.05) is 13.2 Å². The monoisotopic (exact) mass is 183 g/mol. The fourth-order valence-corrected chi connectivity index (χ4v) is 2.50. The summed E-state index contributed by atoms with van der Waals surface area (Å²) in [5.74, 6) is 0. The Morgan fingerprint density at radius 1 is 1.31 bits per heavy atom. The third-order valence-electron chi connectivity index (χ3n) is 3.49. The van der Waals surface area contributed by atoms with Gasteiger partial charge in [-0.3, -0.25) is 0 Å². The van der Waals surface area contributed by atoms with Gasteiger partial charge < -0.3 is 10.1 Å². The highest BCUT2D eigenvalue weighted by Crippen LogP contribution is 2.29. The molecule has 2 heteroatoms. The molecule has 2 rings (SSSR count). The van der Waals surface area contributed by atoms with E-state index < -0.39 is 0 Å². The fourth-order valence-electron chi connectivity index (χ4n) is 2.50. The minimum Gasteiger partial charge on any atom is -0.377 e. The summed E-state index contributed by atoms with van der Waals surface area (Å²) in [5, 5.41) is 3.67. The molecule has 0 amide bonds. The number of hydrogen-bond donors (Lipinski definition) is 1. The van der Waals surface area contributed by atoms with E-state index in [4.69, 9.17) is 4.74 Å². The smallest absolute Gasteiger partial charge is 0.0700 e. The maximum Gasteiger partial charge on any atom is 0.0700 e. The molecule has 2 aliphatic rings. The average Bonchev–Trinajstić information content (AvgIpc) is 2.72. The van der Waals surface area contributed by atoms with Gasteiger partial charge in [-0.25, -0.2) is 0 Å². The van der Waals surface area contributed by atoms with E-state index in [1.807, 2.05) is 0 Å². The van der Waals surface area contributed by atoms with Crippen LogP contribution in [0, 0.1) is 0 Å². The molecular formula is C11H21NO. The molecular weight excluding hydrogens is 162 g/mol. The minimum atomic E-state index is 0.423. The number of ether oxygens (including phenoxy) is 1. The van der Waals surface area contributed by atoms with E-state index in [0.717, 1.165) is 13.2 Å². The van der Waals surface area contributed by atoms with E-state index in [1.54, 1.807) is 0 Å². The van der Waals surface area contributed by atoms with E-state index >= 15 is 0 Å². The Hall–Kier alpha value is -0.0800. The van der Waals surface area contributed by atoms with Crippen molar-refractivity contribution < 1.29 is 4.74 Å². The SMILES string of the molecule is CC1(NCC2CCCO2)CCCC1. The molecule has 1 saturated carbocycles. The molecule has 0 radical (unpaired) electrons. The summed E-state index contributed by atoms with van der Waals surface area (Å²) in [7, 11) is 0. The predicted octanol–water partition coefficient (Wildman–Crippen LogP) is 2.09. The molecule has 1 heterocycles. The standard InChI is InChI=1S/C11H21NO/c1-11(6-2-3-7-11)12-9-10-5-4-8-13-10/h10,12H,2-9H2,1H3. The summed E-state index contributed by atoms with van der Waals surface area (Å²) in [6.45, 7) is 4.40. The van der Waals surface area contributed by atoms with Crippen molar-refractivity contribution >= 4 is 0 Å². The molecule has 1 aliphatic carbocycles. The zero-order valence-corrected chi connectivity index (χ0v) is 8.64. The quantitative estimate of drug-likeness (QED) is 0.723. The van der Waals surface area contributed by atoms with Gasteiger partial charge in [-0.05, 0) is 32.6 Å². The van der Waals surface area contributed by atoms with Gasteiger partial charge in [-0.2, -0.15) is 0 Å². The van der Waals surface area contributed by atoms with Crippen LogP contribution in [0.5, 0.6) is 0 Å². The van der Waals surface area contributed by atoms with Crippen LogP contribution in [0.1, 0.15) is 45.4 Å². The van der Waals surface area contributed by atoms with E-state index in [1.165, 1.54) is 38.5 Å². The number of rotatable bonds is 3. The summed E-state index contributed by atoms with van der Waals surface area (Å²) in [6.07, 6.45) is 8.49. The maximum atomic E-state index is 5.60. The highest BCUT2D eigenvalue weighted by atomic mass is 16.5. The lowest BCUT2D eigenvalue weighted by molar-refractivity contribution is 0.102. The molecule has 1 saturated heterocycles. The topological polar surface area (TPSA) is 21.3 Å². The molecule has 2 fully saturated rings. The minimum absolute atomic E-state index is 0.423. The summed E-state index contributed by atoms with van der Waals surface area (Å²) in [4.78, 5) is 0. The van der Waals surface area contributed by atoms with Crippen molar-refractivity contribution in [2.24, 2.45) is 0 Å². The Balaban J connectivity index is 1.71. The lowest BCUT2D eigenvalue weighted by Gasteiger charge is -2.27. The van der Waals surface area contributed by atoms with E-state index in [9.17, 15) is 0 Å². The van der Waals surface area contributed by atoms with Gasteiger partial charge in [0.25, 0.3) is 0 Å². The van der Waals surface area contributed by atoms with Gasteiger partial charge in [-0.1, -0.05) is 12.8 Å². The third-order valence-corrected chi connectivity index (χ3v) is 3.49. The maximum absolute atomic E-state index is 5.60. The Labute approximate surface area is 81.0 Å². The van der Waals surface area contributed by atoms with Crippen molar-refractivity contribution in [2.45, 2.75) is 57.1 Å². The zero-order chi connectivity index (χ0) is 9.15. The average molecular weight is 183 g/mol. The first kappa shape index (κ1) is 9.47. The van der Waals surface area contributed by atoms with Crippen LogP contribution in [0.15, 0.2) is 0 Å². The van der Waals surface area contributed by atoms with Crippen molar-refractivity contribution in [1.29, 1.82) is 0 Å². The summed E-state index contributed by atoms with van der Waals surface area (Å²) >= 11 is 0. The van der Waals surface area contributed by atoms with E-state index in [0.29, 0.717) is 11.6 Å². The van der Waals surface area contributed by atoms with Crippen molar-refractivity contribution in [3.63, 3.8) is 0 Å². The zero-order valence-electron chi connectivity index (χ0n) is 8.64. The molecule has 1 unspecified atom stereocenters. The first-order chi connectivity index (χ1) is 6.29. The van der Waals surface area contributed by atoms with Crippen LogP contribution in [0.4, 0.5) is 0 Å². The van der Waals surface area contributed by atoms with Gasteiger partial charge in [0.05, 0.1) is 6.10 Å². The van der Waals surface area contributed by atoms with Crippen LogP contribution in [0.25, 0.3) is 0 Å². The van der Waals surface area contributed by atoms with Gasteiger partial charge in [-0.15, -0.1) is 0 Å². The van der Waals surface area contributed by atoms with Crippen LogP contribution in [-0.4, -0.2) is 24.8 Å². The van der Waals surface area contributed by atoms with Gasteiger partial charge in [0.2, 0.25) is 0 Å². The van der Waals surface area contributed by atoms with Crippen LogP contribution >= 0.6 is 0 Å². The van der Waals surface area contributed by atoms with Gasteiger partial charge in [0.1, 0.15) is 0 Å². The molecule has 0 aromatic carbocycles. The second kappa shape index (κ2) is 3.97. The van der Waals surface area contributed by atoms with E-state index in [-0.39, 0.29) is 0 Å². The lowest BCUT2D eigenvalue weighted by Crippen LogP contribution is -2.43. The second-order valence-electron chi connectivity index (χ2n) is 4.78. The molecule has 0 bridgehead atoms. The van der Waals surface area contributed by atoms with Crippen LogP contribution in [0.3, 0.4) is 0 Å². The number of hydrogen-bond acceptors (Lipinski definition) is 2. The van der Waals surface area contributed by atoms with Crippen LogP contribution in [-0.2, 0) is 4.74 Å². The Kier molecular flexibility index (Phi) is 2.89. The normalized spacial score (nSPS) is 32.5. The van der Waals surface area contributed by atoms with Gasteiger partial charge in [0, 0.05) is 18.7 Å². The Morgan fingerprint density at radius 2 is 2.08 bits per heavy atom. The fraction of sp³-hybridized carbons (Fsp3) is 1.00. The van der Waals surface area contributed by atoms with Crippen LogP contribution < -0.4 is 5.32 Å². The van der Waals surface area contributed by atoms with Crippen LogP contribution in [0.2, 0.25) is 0 Å². The molecule has 2 nitrogen and oxygen atoms in total. The Morgan fingerprint density at radius 3 is 2.69 bits per heavy atom. The van der Waals surface area contributed by atoms with Crippen molar-refractivity contribution in [3.05, 3.63) is 0 Å². The molecule has 0 aromatic heterocycles. The summed E-state index contributed by atoms with van der Waals surface area (Å²) in [5.41, 5.74) is 0.423. The van der Waals surface area contributed by atoms with Crippen molar-refractivity contribution in [1.82, 2.24) is 5.32 Å². The molecule has 1 aliphatic heterocycles. The molecule has 76 valence electrons. The summed E-state index contributed by atoms with van der Waals surface area (Å²) < 4.78 is 5.60. The van der Waals surface area contributed by atoms with Gasteiger partial charge in [0.15, 0.2) is 0 Å². The first-order valence-corrected chi connectivity index (χ1v) is 5.65. The lowest BCUT2D eigenvalue weighted by atomic mass is 10.0. The summed E-state index contributed by atoms with van der Waals surface area (Å²) in [6, 6.07) is 0. The van der Waals surface area contributed by atoms with Gasteiger partial charge >= 0.3 is 0 Å².